The SMILES string of the molecule is CSCCC(NC(=O)c1ccn([N+](C)=O)c1)C(=O)Nc1nc(-c2ccccc2)cs1. The number of nitrogens with zero attached hydrogens (tertiary/aromatic N) is 3. The third kappa shape index (κ3) is 5.55. The van der Waals surface area contributed by atoms with E-state index in [2.05, 4.69) is 15.6 Å². The van der Waals surface area contributed by atoms with E-state index < -0.39 is 11.9 Å². The molecule has 0 aliphatic carbocycles. The fourth-order valence-corrected chi connectivity index (χ4v) is 3.90. The van der Waals surface area contributed by atoms with Crippen molar-refractivity contribution < 1.29 is 14.5 Å². The number of anilines is 1. The second-order valence-corrected chi connectivity index (χ2v) is 8.29. The Balaban J connectivity index is 1.68. The maximum absolute atomic E-state index is 12.8. The number of rotatable bonds is 9. The number of hydrogen-bond acceptors (Lipinski definition) is 6. The normalized spacial score (nSPS) is 11.7. The van der Waals surface area contributed by atoms with Crippen molar-refractivity contribution in [2.45, 2.75) is 12.5 Å². The Morgan fingerprint density at radius 3 is 2.70 bits per heavy atom. The van der Waals surface area contributed by atoms with Crippen LogP contribution >= 0.6 is 23.1 Å². The molecule has 2 N–H and O–H groups in total. The quantitative estimate of drug-likeness (QED) is 0.494. The number of amides is 2. The van der Waals surface area contributed by atoms with E-state index in [9.17, 15) is 14.5 Å². The molecule has 30 heavy (non-hydrogen) atoms. The van der Waals surface area contributed by atoms with Crippen LogP contribution in [0.5, 0.6) is 0 Å². The highest BCUT2D eigenvalue weighted by molar-refractivity contribution is 7.98. The molecule has 8 nitrogen and oxygen atoms in total. The molecule has 3 rings (SSSR count). The average molecular weight is 445 g/mol. The van der Waals surface area contributed by atoms with Crippen LogP contribution in [0.15, 0.2) is 54.2 Å². The van der Waals surface area contributed by atoms with Crippen molar-refractivity contribution >= 4 is 40.0 Å². The molecule has 156 valence electrons. The van der Waals surface area contributed by atoms with Crippen LogP contribution in [-0.4, -0.2) is 51.4 Å². The number of nitrogens with one attached hydrogen (secondary N) is 2. The first-order valence-electron chi connectivity index (χ1n) is 9.18. The number of carbonyl (C=O) groups is 2. The van der Waals surface area contributed by atoms with Crippen molar-refractivity contribution in [3.8, 4) is 11.3 Å². The largest absolute Gasteiger partial charge is 0.340 e. The number of carbonyl (C=O) groups excluding carboxylic acids is 2. The zero-order chi connectivity index (χ0) is 21.5. The maximum atomic E-state index is 12.8. The van der Waals surface area contributed by atoms with Crippen molar-refractivity contribution in [1.82, 2.24) is 15.0 Å². The van der Waals surface area contributed by atoms with Crippen LogP contribution in [-0.2, 0) is 4.79 Å². The number of nitroso groups, excluding NO2 is 1. The van der Waals surface area contributed by atoms with Gasteiger partial charge in [0, 0.05) is 10.9 Å². The van der Waals surface area contributed by atoms with E-state index in [1.165, 1.54) is 41.5 Å². The van der Waals surface area contributed by atoms with Gasteiger partial charge in [0.2, 0.25) is 13.0 Å². The predicted octanol–water partition coefficient (Wildman–Crippen LogP) is 3.27. The van der Waals surface area contributed by atoms with Crippen molar-refractivity contribution in [2.75, 3.05) is 24.4 Å². The monoisotopic (exact) mass is 444 g/mol. The van der Waals surface area contributed by atoms with Crippen molar-refractivity contribution in [1.29, 1.82) is 0 Å². The zero-order valence-corrected chi connectivity index (χ0v) is 18.2. The van der Waals surface area contributed by atoms with Crippen molar-refractivity contribution in [3.05, 3.63) is 64.6 Å². The molecule has 2 amide bonds. The lowest BCUT2D eigenvalue weighted by molar-refractivity contribution is -0.578. The minimum absolute atomic E-state index is 0.306. The number of benzene rings is 1. The van der Waals surface area contributed by atoms with Crippen LogP contribution in [0, 0.1) is 4.91 Å². The lowest BCUT2D eigenvalue weighted by atomic mass is 10.2. The van der Waals surface area contributed by atoms with Crippen LogP contribution in [0.1, 0.15) is 16.8 Å². The third-order valence-corrected chi connectivity index (χ3v) is 5.70. The summed E-state index contributed by atoms with van der Waals surface area (Å²) in [5.41, 5.74) is 2.05. The third-order valence-electron chi connectivity index (χ3n) is 4.30. The maximum Gasteiger partial charge on any atom is 0.253 e. The van der Waals surface area contributed by atoms with E-state index in [0.717, 1.165) is 11.3 Å². The van der Waals surface area contributed by atoms with Gasteiger partial charge in [-0.05, 0) is 24.5 Å². The second kappa shape index (κ2) is 10.2. The average Bonchev–Trinajstić information content (AvgIpc) is 3.41. The van der Waals surface area contributed by atoms with Gasteiger partial charge in [0.05, 0.1) is 28.6 Å². The molecule has 0 fully saturated rings. The molecule has 0 saturated carbocycles. The molecule has 0 aliphatic rings. The van der Waals surface area contributed by atoms with Crippen molar-refractivity contribution in [3.63, 3.8) is 0 Å². The summed E-state index contributed by atoms with van der Waals surface area (Å²) in [4.78, 5) is 41.8. The summed E-state index contributed by atoms with van der Waals surface area (Å²) in [6.45, 7) is 0. The van der Waals surface area contributed by atoms with Gasteiger partial charge in [-0.1, -0.05) is 35.0 Å². The predicted molar refractivity (Wildman–Crippen MR) is 120 cm³/mol. The minimum Gasteiger partial charge on any atom is -0.340 e. The molecule has 0 bridgehead atoms. The molecular formula is C20H22N5O3S2+. The highest BCUT2D eigenvalue weighted by atomic mass is 32.2. The van der Waals surface area contributed by atoms with Gasteiger partial charge in [-0.25, -0.2) is 4.98 Å². The molecule has 3 aromatic rings. The Hall–Kier alpha value is -2.98. The van der Waals surface area contributed by atoms with Gasteiger partial charge in [0.25, 0.3) is 5.91 Å². The van der Waals surface area contributed by atoms with Crippen LogP contribution in [0.2, 0.25) is 0 Å². The van der Waals surface area contributed by atoms with Gasteiger partial charge in [-0.2, -0.15) is 11.8 Å². The van der Waals surface area contributed by atoms with Gasteiger partial charge in [-0.3, -0.25) is 9.59 Å². The molecule has 1 unspecified atom stereocenters. The van der Waals surface area contributed by atoms with Gasteiger partial charge in [-0.15, -0.1) is 11.3 Å². The van der Waals surface area contributed by atoms with E-state index in [4.69, 9.17) is 0 Å². The fourth-order valence-electron chi connectivity index (χ4n) is 2.71. The molecule has 10 heteroatoms. The molecule has 0 aliphatic heterocycles. The van der Waals surface area contributed by atoms with Crippen LogP contribution in [0.25, 0.3) is 11.3 Å². The Kier molecular flexibility index (Phi) is 7.36. The van der Waals surface area contributed by atoms with Gasteiger partial charge in [0.15, 0.2) is 5.13 Å². The van der Waals surface area contributed by atoms with Crippen LogP contribution < -0.4 is 10.6 Å². The second-order valence-electron chi connectivity index (χ2n) is 6.45. The zero-order valence-electron chi connectivity index (χ0n) is 16.6. The summed E-state index contributed by atoms with van der Waals surface area (Å²) >= 11 is 2.92. The van der Waals surface area contributed by atoms with E-state index in [-0.39, 0.29) is 5.91 Å². The Morgan fingerprint density at radius 2 is 2.03 bits per heavy atom. The van der Waals surface area contributed by atoms with Gasteiger partial charge < -0.3 is 10.6 Å². The summed E-state index contributed by atoms with van der Waals surface area (Å²) in [5, 5.41) is 7.91. The first-order chi connectivity index (χ1) is 14.5. The summed E-state index contributed by atoms with van der Waals surface area (Å²) in [7, 11) is 1.33. The highest BCUT2D eigenvalue weighted by Gasteiger charge is 2.23. The Labute approximate surface area is 182 Å². The van der Waals surface area contributed by atoms with Crippen LogP contribution in [0.4, 0.5) is 5.13 Å². The topological polar surface area (TPSA) is 96.1 Å². The molecule has 2 heterocycles. The van der Waals surface area contributed by atoms with Gasteiger partial charge in [0.1, 0.15) is 10.9 Å². The summed E-state index contributed by atoms with van der Waals surface area (Å²) < 4.78 is 1.24. The van der Waals surface area contributed by atoms with E-state index in [0.29, 0.717) is 27.7 Å². The number of aromatic nitrogens is 2. The van der Waals surface area contributed by atoms with Gasteiger partial charge >= 0.3 is 0 Å². The van der Waals surface area contributed by atoms with Crippen LogP contribution in [0.3, 0.4) is 0 Å². The fraction of sp³-hybridized carbons (Fsp3) is 0.250. The lowest BCUT2D eigenvalue weighted by Gasteiger charge is -2.17. The summed E-state index contributed by atoms with van der Waals surface area (Å²) in [6.07, 6.45) is 5.31. The summed E-state index contributed by atoms with van der Waals surface area (Å²) in [6, 6.07) is 10.5. The molecule has 1 atom stereocenters. The molecule has 2 aromatic heterocycles. The van der Waals surface area contributed by atoms with Crippen molar-refractivity contribution in [2.24, 2.45) is 0 Å². The molecular weight excluding hydrogens is 422 g/mol. The lowest BCUT2D eigenvalue weighted by Crippen LogP contribution is -2.44. The molecule has 0 spiro atoms. The minimum atomic E-state index is -0.720. The smallest absolute Gasteiger partial charge is 0.253 e. The molecule has 0 radical (unpaired) electrons. The molecule has 1 aromatic carbocycles. The summed E-state index contributed by atoms with van der Waals surface area (Å²) in [5.74, 6) is -0.0387. The van der Waals surface area contributed by atoms with E-state index >= 15 is 0 Å². The first-order valence-corrected chi connectivity index (χ1v) is 11.5. The number of thioether (sulfide) groups is 1. The number of hydrogen-bond donors (Lipinski definition) is 2. The Bertz CT molecular complexity index is 1030. The first kappa shape index (κ1) is 21.7. The van der Waals surface area contributed by atoms with E-state index in [1.807, 2.05) is 42.0 Å². The molecule has 0 saturated heterocycles. The van der Waals surface area contributed by atoms with E-state index in [1.54, 1.807) is 11.8 Å². The Morgan fingerprint density at radius 1 is 1.27 bits per heavy atom. The number of thiazole rings is 1. The standard InChI is InChI=1S/C20H21N5O3S2/c1-24(28)25-10-8-15(12-25)18(26)21-16(9-11-29-2)19(27)23-20-22-17(13-30-20)14-6-4-3-5-7-14/h3-8,10,12-13,16H,9,11H2,1-2H3,(H-,21,22,23,26,27)/p+1. The highest BCUT2D eigenvalue weighted by Crippen LogP contribution is 2.24.